The van der Waals surface area contributed by atoms with Gasteiger partial charge in [-0.25, -0.2) is 0 Å². The summed E-state index contributed by atoms with van der Waals surface area (Å²) in [6.45, 7) is 4.56. The first-order chi connectivity index (χ1) is 8.74. The molecule has 0 aliphatic carbocycles. The Hall–Kier alpha value is -1.28. The van der Waals surface area contributed by atoms with Crippen LogP contribution in [0.5, 0.6) is 0 Å². The van der Waals surface area contributed by atoms with E-state index in [0.29, 0.717) is 0 Å². The Morgan fingerprint density at radius 2 is 2.00 bits per heavy atom. The van der Waals surface area contributed by atoms with E-state index in [1.165, 1.54) is 54.5 Å². The summed E-state index contributed by atoms with van der Waals surface area (Å²) in [6, 6.07) is 9.26. The maximum absolute atomic E-state index is 3.44. The SMILES string of the molecule is Cc1cc2cc(CC3CCNCC3)ccc2n1C. The van der Waals surface area contributed by atoms with Gasteiger partial charge < -0.3 is 9.88 Å². The number of benzene rings is 1. The molecule has 0 unspecified atom stereocenters. The van der Waals surface area contributed by atoms with Crippen LogP contribution in [0.15, 0.2) is 24.3 Å². The maximum atomic E-state index is 3.44. The minimum absolute atomic E-state index is 0.869. The van der Waals surface area contributed by atoms with Gasteiger partial charge in [0.2, 0.25) is 0 Å². The van der Waals surface area contributed by atoms with Crippen molar-refractivity contribution in [2.24, 2.45) is 13.0 Å². The van der Waals surface area contributed by atoms with Crippen molar-refractivity contribution < 1.29 is 0 Å². The molecule has 2 heteroatoms. The molecule has 3 rings (SSSR count). The summed E-state index contributed by atoms with van der Waals surface area (Å²) in [7, 11) is 2.14. The van der Waals surface area contributed by atoms with Gasteiger partial charge in [-0.05, 0) is 69.0 Å². The summed E-state index contributed by atoms with van der Waals surface area (Å²) in [6.07, 6.45) is 3.89. The predicted molar refractivity (Wildman–Crippen MR) is 77.0 cm³/mol. The Kier molecular flexibility index (Phi) is 3.13. The first-order valence-electron chi connectivity index (χ1n) is 7.00. The molecule has 1 aromatic carbocycles. The first kappa shape index (κ1) is 11.8. The van der Waals surface area contributed by atoms with E-state index in [9.17, 15) is 0 Å². The number of rotatable bonds is 2. The van der Waals surface area contributed by atoms with Gasteiger partial charge in [0.1, 0.15) is 0 Å². The summed E-state index contributed by atoms with van der Waals surface area (Å²) in [5.41, 5.74) is 4.19. The number of nitrogens with one attached hydrogen (secondary N) is 1. The molecule has 0 saturated carbocycles. The van der Waals surface area contributed by atoms with Crippen LogP contribution in [-0.2, 0) is 13.5 Å². The van der Waals surface area contributed by atoms with Gasteiger partial charge in [-0.3, -0.25) is 0 Å². The van der Waals surface area contributed by atoms with E-state index < -0.39 is 0 Å². The molecule has 0 amide bonds. The zero-order chi connectivity index (χ0) is 12.5. The summed E-state index contributed by atoms with van der Waals surface area (Å²) in [5, 5.41) is 4.83. The minimum Gasteiger partial charge on any atom is -0.348 e. The Morgan fingerprint density at radius 1 is 1.22 bits per heavy atom. The molecule has 1 aromatic heterocycles. The molecule has 0 radical (unpaired) electrons. The van der Waals surface area contributed by atoms with Crippen molar-refractivity contribution in [2.45, 2.75) is 26.2 Å². The van der Waals surface area contributed by atoms with E-state index in [0.717, 1.165) is 5.92 Å². The molecule has 1 aliphatic rings. The normalized spacial score (nSPS) is 17.4. The van der Waals surface area contributed by atoms with Crippen LogP contribution in [-0.4, -0.2) is 17.7 Å². The highest BCUT2D eigenvalue weighted by Crippen LogP contribution is 2.23. The number of piperidine rings is 1. The predicted octanol–water partition coefficient (Wildman–Crippen LogP) is 3.03. The van der Waals surface area contributed by atoms with Gasteiger partial charge in [0.25, 0.3) is 0 Å². The van der Waals surface area contributed by atoms with Crippen molar-refractivity contribution >= 4 is 10.9 Å². The van der Waals surface area contributed by atoms with Crippen LogP contribution >= 0.6 is 0 Å². The minimum atomic E-state index is 0.869. The van der Waals surface area contributed by atoms with Gasteiger partial charge in [-0.1, -0.05) is 6.07 Å². The zero-order valence-electron chi connectivity index (χ0n) is 11.4. The molecule has 18 heavy (non-hydrogen) atoms. The summed E-state index contributed by atoms with van der Waals surface area (Å²) >= 11 is 0. The number of aromatic nitrogens is 1. The third-order valence-corrected chi connectivity index (χ3v) is 4.33. The average molecular weight is 242 g/mol. The second-order valence-corrected chi connectivity index (χ2v) is 5.64. The highest BCUT2D eigenvalue weighted by Gasteiger charge is 2.14. The molecular weight excluding hydrogens is 220 g/mol. The molecule has 1 N–H and O–H groups in total. The average Bonchev–Trinajstić information content (AvgIpc) is 2.66. The van der Waals surface area contributed by atoms with Crippen LogP contribution in [0.4, 0.5) is 0 Å². The van der Waals surface area contributed by atoms with E-state index >= 15 is 0 Å². The fourth-order valence-corrected chi connectivity index (χ4v) is 3.08. The van der Waals surface area contributed by atoms with Crippen molar-refractivity contribution in [3.05, 3.63) is 35.5 Å². The van der Waals surface area contributed by atoms with Crippen LogP contribution in [0.25, 0.3) is 10.9 Å². The fourth-order valence-electron chi connectivity index (χ4n) is 3.08. The van der Waals surface area contributed by atoms with E-state index in [1.54, 1.807) is 0 Å². The van der Waals surface area contributed by atoms with Crippen molar-refractivity contribution in [2.75, 3.05) is 13.1 Å². The maximum Gasteiger partial charge on any atom is 0.0479 e. The van der Waals surface area contributed by atoms with Crippen molar-refractivity contribution in [1.82, 2.24) is 9.88 Å². The lowest BCUT2D eigenvalue weighted by Crippen LogP contribution is -2.28. The molecule has 1 aliphatic heterocycles. The molecule has 1 saturated heterocycles. The van der Waals surface area contributed by atoms with Gasteiger partial charge >= 0.3 is 0 Å². The molecule has 0 spiro atoms. The standard InChI is InChI=1S/C16H22N2/c1-12-9-15-11-14(3-4-16(15)18(12)2)10-13-5-7-17-8-6-13/h3-4,9,11,13,17H,5-8,10H2,1-2H3. The fraction of sp³-hybridized carbons (Fsp3) is 0.500. The summed E-state index contributed by atoms with van der Waals surface area (Å²) < 4.78 is 2.27. The van der Waals surface area contributed by atoms with Crippen LogP contribution in [0.2, 0.25) is 0 Å². The second-order valence-electron chi connectivity index (χ2n) is 5.64. The lowest BCUT2D eigenvalue weighted by molar-refractivity contribution is 0.373. The lowest BCUT2D eigenvalue weighted by Gasteiger charge is -2.22. The monoisotopic (exact) mass is 242 g/mol. The van der Waals surface area contributed by atoms with E-state index in [2.05, 4.69) is 48.1 Å². The van der Waals surface area contributed by atoms with Gasteiger partial charge in [0.05, 0.1) is 0 Å². The van der Waals surface area contributed by atoms with Crippen LogP contribution in [0.1, 0.15) is 24.1 Å². The molecule has 0 atom stereocenters. The highest BCUT2D eigenvalue weighted by atomic mass is 14.9. The van der Waals surface area contributed by atoms with E-state index in [1.807, 2.05) is 0 Å². The molecule has 0 bridgehead atoms. The smallest absolute Gasteiger partial charge is 0.0479 e. The Morgan fingerprint density at radius 3 is 2.78 bits per heavy atom. The van der Waals surface area contributed by atoms with Crippen LogP contribution < -0.4 is 5.32 Å². The van der Waals surface area contributed by atoms with Gasteiger partial charge in [-0.15, -0.1) is 0 Å². The first-order valence-corrected chi connectivity index (χ1v) is 7.00. The molecule has 1 fully saturated rings. The van der Waals surface area contributed by atoms with E-state index in [-0.39, 0.29) is 0 Å². The number of hydrogen-bond donors (Lipinski definition) is 1. The summed E-state index contributed by atoms with van der Waals surface area (Å²) in [4.78, 5) is 0. The third kappa shape index (κ3) is 2.17. The Labute approximate surface area is 109 Å². The van der Waals surface area contributed by atoms with E-state index in [4.69, 9.17) is 0 Å². The number of nitrogens with zero attached hydrogens (tertiary/aromatic N) is 1. The second kappa shape index (κ2) is 4.77. The van der Waals surface area contributed by atoms with Crippen molar-refractivity contribution in [1.29, 1.82) is 0 Å². The van der Waals surface area contributed by atoms with Gasteiger partial charge in [-0.2, -0.15) is 0 Å². The Bertz CT molecular complexity index is 547. The number of aryl methyl sites for hydroxylation is 2. The number of hydrogen-bond acceptors (Lipinski definition) is 1. The van der Waals surface area contributed by atoms with Gasteiger partial charge in [0.15, 0.2) is 0 Å². The largest absolute Gasteiger partial charge is 0.348 e. The van der Waals surface area contributed by atoms with Crippen LogP contribution in [0, 0.1) is 12.8 Å². The summed E-state index contributed by atoms with van der Waals surface area (Å²) in [5.74, 6) is 0.869. The number of fused-ring (bicyclic) bond motifs is 1. The van der Waals surface area contributed by atoms with Crippen molar-refractivity contribution in [3.8, 4) is 0 Å². The highest BCUT2D eigenvalue weighted by molar-refractivity contribution is 5.82. The molecule has 2 heterocycles. The van der Waals surface area contributed by atoms with Gasteiger partial charge in [0, 0.05) is 23.6 Å². The zero-order valence-corrected chi connectivity index (χ0v) is 11.4. The molecular formula is C16H22N2. The Balaban J connectivity index is 1.84. The van der Waals surface area contributed by atoms with Crippen molar-refractivity contribution in [3.63, 3.8) is 0 Å². The van der Waals surface area contributed by atoms with Crippen LogP contribution in [0.3, 0.4) is 0 Å². The quantitative estimate of drug-likeness (QED) is 0.856. The molecule has 2 nitrogen and oxygen atoms in total. The topological polar surface area (TPSA) is 17.0 Å². The molecule has 96 valence electrons. The third-order valence-electron chi connectivity index (χ3n) is 4.33. The lowest BCUT2D eigenvalue weighted by atomic mass is 9.91. The molecule has 2 aromatic rings.